The summed E-state index contributed by atoms with van der Waals surface area (Å²) < 4.78 is 12.6. The van der Waals surface area contributed by atoms with Crippen LogP contribution < -0.4 is 14.8 Å². The van der Waals surface area contributed by atoms with Crippen molar-refractivity contribution in [3.8, 4) is 28.6 Å². The molecule has 0 unspecified atom stereocenters. The van der Waals surface area contributed by atoms with E-state index in [9.17, 15) is 4.79 Å². The van der Waals surface area contributed by atoms with Crippen LogP contribution in [0.25, 0.3) is 17.1 Å². The first-order valence-electron chi connectivity index (χ1n) is 12.7. The minimum atomic E-state index is -0.213. The molecule has 5 rings (SSSR count). The smallest absolute Gasteiger partial charge is 0.270 e. The number of carbonyl (C=O) groups is 1. The number of benzene rings is 2. The third-order valence-electron chi connectivity index (χ3n) is 6.22. The highest BCUT2D eigenvalue weighted by atomic mass is 35.5. The van der Waals surface area contributed by atoms with Gasteiger partial charge in [-0.3, -0.25) is 14.3 Å². The molecule has 3 heterocycles. The monoisotopic (exact) mass is 606 g/mol. The number of pyridine rings is 1. The van der Waals surface area contributed by atoms with Gasteiger partial charge in [0.1, 0.15) is 10.7 Å². The first-order chi connectivity index (χ1) is 20.0. The van der Waals surface area contributed by atoms with Gasteiger partial charge < -0.3 is 14.8 Å². The topological polar surface area (TPSA) is 104 Å². The van der Waals surface area contributed by atoms with Gasteiger partial charge in [-0.05, 0) is 60.9 Å². The molecular weight excluding hydrogens is 580 g/mol. The van der Waals surface area contributed by atoms with E-state index in [1.807, 2.05) is 60.0 Å². The van der Waals surface area contributed by atoms with E-state index in [2.05, 4.69) is 25.5 Å². The molecule has 0 aliphatic rings. The number of thioether (sulfide) groups is 1. The molecule has 0 aliphatic carbocycles. The van der Waals surface area contributed by atoms with Crippen LogP contribution in [0.4, 0.5) is 0 Å². The van der Waals surface area contributed by atoms with Crippen LogP contribution in [0.15, 0.2) is 71.5 Å². The number of nitrogens with one attached hydrogen (secondary N) is 1. The average molecular weight is 607 g/mol. The van der Waals surface area contributed by atoms with Crippen molar-refractivity contribution in [2.24, 2.45) is 0 Å². The van der Waals surface area contributed by atoms with E-state index >= 15 is 0 Å². The average Bonchev–Trinajstić information content (AvgIpc) is 3.65. The van der Waals surface area contributed by atoms with Crippen LogP contribution in [0, 0.1) is 6.92 Å². The highest BCUT2D eigenvalue weighted by molar-refractivity contribution is 7.98. The minimum absolute atomic E-state index is 0.213. The Bertz CT molecular complexity index is 1660. The van der Waals surface area contributed by atoms with Gasteiger partial charge in [-0.1, -0.05) is 35.5 Å². The number of thiazole rings is 1. The fraction of sp³-hybridized carbons (Fsp3) is 0.207. The van der Waals surface area contributed by atoms with Crippen LogP contribution in [0.5, 0.6) is 11.5 Å². The van der Waals surface area contributed by atoms with Crippen LogP contribution in [-0.4, -0.2) is 51.4 Å². The summed E-state index contributed by atoms with van der Waals surface area (Å²) in [6, 6.07) is 15.3. The van der Waals surface area contributed by atoms with Gasteiger partial charge in [0.2, 0.25) is 0 Å². The van der Waals surface area contributed by atoms with Crippen molar-refractivity contribution in [2.45, 2.75) is 24.3 Å². The van der Waals surface area contributed by atoms with Crippen molar-refractivity contribution >= 4 is 40.6 Å². The summed E-state index contributed by atoms with van der Waals surface area (Å²) in [7, 11) is 3.20. The molecule has 2 aromatic carbocycles. The molecule has 3 aromatic heterocycles. The second-order valence-electron chi connectivity index (χ2n) is 8.92. The van der Waals surface area contributed by atoms with Gasteiger partial charge in [-0.15, -0.1) is 21.5 Å². The Morgan fingerprint density at radius 2 is 1.95 bits per heavy atom. The van der Waals surface area contributed by atoms with Crippen LogP contribution in [0.1, 0.15) is 26.6 Å². The Morgan fingerprint density at radius 1 is 1.10 bits per heavy atom. The maximum absolute atomic E-state index is 12.8. The summed E-state index contributed by atoms with van der Waals surface area (Å²) in [6.45, 7) is 2.49. The number of ether oxygens (including phenoxy) is 2. The van der Waals surface area contributed by atoms with Gasteiger partial charge in [0.05, 0.1) is 25.7 Å². The predicted molar refractivity (Wildman–Crippen MR) is 162 cm³/mol. The summed E-state index contributed by atoms with van der Waals surface area (Å²) in [4.78, 5) is 21.6. The SMILES string of the molecule is COc1ccc(CCNC(=O)c2csc(CSc3nnc(-c4cccnc4)n3-c3cc(Cl)ccc3C)n2)cc1OC. The lowest BCUT2D eigenvalue weighted by molar-refractivity contribution is 0.0949. The number of rotatable bonds is 11. The molecule has 0 bridgehead atoms. The van der Waals surface area contributed by atoms with Crippen molar-refractivity contribution in [2.75, 3.05) is 20.8 Å². The Kier molecular flexibility index (Phi) is 9.17. The quantitative estimate of drug-likeness (QED) is 0.182. The van der Waals surface area contributed by atoms with E-state index in [4.69, 9.17) is 21.1 Å². The number of aryl methyl sites for hydroxylation is 1. The second kappa shape index (κ2) is 13.2. The number of amides is 1. The van der Waals surface area contributed by atoms with Crippen molar-refractivity contribution in [3.05, 3.63) is 93.2 Å². The van der Waals surface area contributed by atoms with E-state index in [0.29, 0.717) is 51.9 Å². The first-order valence-corrected chi connectivity index (χ1v) is 14.9. The largest absolute Gasteiger partial charge is 0.493 e. The van der Waals surface area contributed by atoms with Crippen molar-refractivity contribution in [1.82, 2.24) is 30.0 Å². The fourth-order valence-electron chi connectivity index (χ4n) is 4.14. The zero-order chi connectivity index (χ0) is 28.8. The number of aromatic nitrogens is 5. The highest BCUT2D eigenvalue weighted by Gasteiger charge is 2.19. The van der Waals surface area contributed by atoms with Gasteiger partial charge in [0, 0.05) is 34.9 Å². The molecule has 210 valence electrons. The Balaban J connectivity index is 1.26. The molecule has 0 saturated heterocycles. The lowest BCUT2D eigenvalue weighted by Crippen LogP contribution is -2.26. The molecule has 12 heteroatoms. The lowest BCUT2D eigenvalue weighted by Gasteiger charge is -2.13. The maximum atomic E-state index is 12.8. The first kappa shape index (κ1) is 28.6. The summed E-state index contributed by atoms with van der Waals surface area (Å²) in [5.74, 6) is 2.30. The third-order valence-corrected chi connectivity index (χ3v) is 8.43. The molecule has 0 saturated carbocycles. The number of hydrogen-bond acceptors (Lipinski definition) is 9. The van der Waals surface area contributed by atoms with E-state index in [1.54, 1.807) is 32.0 Å². The van der Waals surface area contributed by atoms with Crippen LogP contribution >= 0.6 is 34.7 Å². The Labute approximate surface area is 250 Å². The number of hydrogen-bond donors (Lipinski definition) is 1. The molecule has 1 N–H and O–H groups in total. The molecule has 1 amide bonds. The second-order valence-corrected chi connectivity index (χ2v) is 11.2. The molecule has 5 aromatic rings. The molecule has 0 radical (unpaired) electrons. The Morgan fingerprint density at radius 3 is 2.73 bits per heavy atom. The molecule has 0 aliphatic heterocycles. The highest BCUT2D eigenvalue weighted by Crippen LogP contribution is 2.32. The van der Waals surface area contributed by atoms with Gasteiger partial charge in [-0.25, -0.2) is 4.98 Å². The Hall–Kier alpha value is -3.93. The van der Waals surface area contributed by atoms with E-state index in [0.717, 1.165) is 27.4 Å². The lowest BCUT2D eigenvalue weighted by atomic mass is 10.1. The molecule has 0 atom stereocenters. The van der Waals surface area contributed by atoms with Crippen LogP contribution in [0.3, 0.4) is 0 Å². The molecule has 41 heavy (non-hydrogen) atoms. The standard InChI is InChI=1S/C29H27ClN6O3S2/c1-18-6-8-21(30)14-23(18)36-27(20-5-4-11-31-15-20)34-35-29(36)41-17-26-33-22(16-40-26)28(37)32-12-10-19-7-9-24(38-2)25(13-19)39-3/h4-9,11,13-16H,10,12,17H2,1-3H3,(H,32,37). The van der Waals surface area contributed by atoms with Gasteiger partial charge in [0.15, 0.2) is 22.5 Å². The minimum Gasteiger partial charge on any atom is -0.493 e. The number of methoxy groups -OCH3 is 2. The van der Waals surface area contributed by atoms with Gasteiger partial charge in [0.25, 0.3) is 5.91 Å². The zero-order valence-corrected chi connectivity index (χ0v) is 25.0. The molecule has 0 fully saturated rings. The summed E-state index contributed by atoms with van der Waals surface area (Å²) in [5, 5.41) is 15.8. The molecular formula is C29H27ClN6O3S2. The van der Waals surface area contributed by atoms with Gasteiger partial charge >= 0.3 is 0 Å². The third kappa shape index (κ3) is 6.70. The summed E-state index contributed by atoms with van der Waals surface area (Å²) in [6.07, 6.45) is 4.12. The van der Waals surface area contributed by atoms with E-state index in [-0.39, 0.29) is 5.91 Å². The van der Waals surface area contributed by atoms with Crippen LogP contribution in [0.2, 0.25) is 5.02 Å². The fourth-order valence-corrected chi connectivity index (χ4v) is 6.04. The van der Waals surface area contributed by atoms with Gasteiger partial charge in [-0.2, -0.15) is 0 Å². The number of carbonyl (C=O) groups excluding carboxylic acids is 1. The number of nitrogens with zero attached hydrogens (tertiary/aromatic N) is 5. The van der Waals surface area contributed by atoms with Crippen molar-refractivity contribution < 1.29 is 14.3 Å². The van der Waals surface area contributed by atoms with E-state index < -0.39 is 0 Å². The predicted octanol–water partition coefficient (Wildman–Crippen LogP) is 6.03. The van der Waals surface area contributed by atoms with Crippen LogP contribution in [-0.2, 0) is 12.2 Å². The molecule has 0 spiro atoms. The molecule has 9 nitrogen and oxygen atoms in total. The van der Waals surface area contributed by atoms with Crippen molar-refractivity contribution in [3.63, 3.8) is 0 Å². The van der Waals surface area contributed by atoms with Crippen molar-refractivity contribution in [1.29, 1.82) is 0 Å². The zero-order valence-electron chi connectivity index (χ0n) is 22.6. The normalized spacial score (nSPS) is 10.9. The maximum Gasteiger partial charge on any atom is 0.270 e. The number of halogens is 1. The summed E-state index contributed by atoms with van der Waals surface area (Å²) in [5.41, 5.74) is 4.18. The summed E-state index contributed by atoms with van der Waals surface area (Å²) >= 11 is 9.28. The van der Waals surface area contributed by atoms with E-state index in [1.165, 1.54) is 23.1 Å².